The topological polar surface area (TPSA) is 83.7 Å². The quantitative estimate of drug-likeness (QED) is 0.665. The molecule has 102 valence electrons. The van der Waals surface area contributed by atoms with Gasteiger partial charge in [0.05, 0.1) is 4.92 Å². The molecule has 6 heteroatoms. The van der Waals surface area contributed by atoms with Crippen molar-refractivity contribution in [3.63, 3.8) is 0 Å². The fourth-order valence-electron chi connectivity index (χ4n) is 2.61. The zero-order chi connectivity index (χ0) is 14.0. The zero-order valence-electron chi connectivity index (χ0n) is 10.7. The van der Waals surface area contributed by atoms with Crippen LogP contribution >= 0.6 is 0 Å². The number of nitro groups is 1. The van der Waals surface area contributed by atoms with Gasteiger partial charge in [0, 0.05) is 18.2 Å². The minimum absolute atomic E-state index is 0.0374. The summed E-state index contributed by atoms with van der Waals surface area (Å²) in [6.07, 6.45) is 1.48. The minimum atomic E-state index is -0.824. The Kier molecular flexibility index (Phi) is 3.80. The SMILES string of the molecule is CC(c1cccc([N+](=O)[O-])c1)N1CCCC1C(=O)O. The van der Waals surface area contributed by atoms with E-state index in [9.17, 15) is 20.0 Å². The van der Waals surface area contributed by atoms with Gasteiger partial charge in [0.2, 0.25) is 0 Å². The normalized spacial score (nSPS) is 21.2. The molecule has 19 heavy (non-hydrogen) atoms. The summed E-state index contributed by atoms with van der Waals surface area (Å²) in [5.74, 6) is -0.824. The number of carboxylic acid groups (broad SMARTS) is 1. The number of carboxylic acids is 1. The molecule has 0 aromatic heterocycles. The summed E-state index contributed by atoms with van der Waals surface area (Å²) in [4.78, 5) is 23.4. The van der Waals surface area contributed by atoms with E-state index in [2.05, 4.69) is 0 Å². The van der Waals surface area contributed by atoms with Crippen LogP contribution in [0.25, 0.3) is 0 Å². The van der Waals surface area contributed by atoms with E-state index in [1.807, 2.05) is 11.8 Å². The van der Waals surface area contributed by atoms with Crippen LogP contribution in [0.1, 0.15) is 31.4 Å². The van der Waals surface area contributed by atoms with Crippen molar-refractivity contribution in [2.75, 3.05) is 6.54 Å². The predicted molar refractivity (Wildman–Crippen MR) is 68.9 cm³/mol. The molecule has 0 aliphatic carbocycles. The highest BCUT2D eigenvalue weighted by molar-refractivity contribution is 5.73. The average molecular weight is 264 g/mol. The predicted octanol–water partition coefficient (Wildman–Crippen LogP) is 2.20. The molecule has 1 fully saturated rings. The average Bonchev–Trinajstić information content (AvgIpc) is 2.87. The van der Waals surface area contributed by atoms with Crippen LogP contribution in [0.4, 0.5) is 5.69 Å². The summed E-state index contributed by atoms with van der Waals surface area (Å²) in [6, 6.07) is 5.76. The van der Waals surface area contributed by atoms with Gasteiger partial charge in [0.1, 0.15) is 6.04 Å². The van der Waals surface area contributed by atoms with Crippen molar-refractivity contribution in [2.45, 2.75) is 31.8 Å². The molecule has 6 nitrogen and oxygen atoms in total. The molecule has 2 atom stereocenters. The molecule has 2 unspecified atom stereocenters. The Morgan fingerprint density at radius 3 is 2.95 bits per heavy atom. The van der Waals surface area contributed by atoms with Gasteiger partial charge in [-0.25, -0.2) is 0 Å². The van der Waals surface area contributed by atoms with E-state index in [1.54, 1.807) is 12.1 Å². The minimum Gasteiger partial charge on any atom is -0.480 e. The van der Waals surface area contributed by atoms with E-state index < -0.39 is 16.9 Å². The second-order valence-electron chi connectivity index (χ2n) is 4.76. The van der Waals surface area contributed by atoms with Crippen molar-refractivity contribution in [1.82, 2.24) is 4.90 Å². The Bertz CT molecular complexity index is 503. The third kappa shape index (κ3) is 2.73. The first kappa shape index (κ1) is 13.5. The van der Waals surface area contributed by atoms with Crippen LogP contribution in [0.3, 0.4) is 0 Å². The number of benzene rings is 1. The van der Waals surface area contributed by atoms with Crippen molar-refractivity contribution >= 4 is 11.7 Å². The highest BCUT2D eigenvalue weighted by Crippen LogP contribution is 2.30. The van der Waals surface area contributed by atoms with E-state index in [0.29, 0.717) is 13.0 Å². The van der Waals surface area contributed by atoms with Gasteiger partial charge in [-0.05, 0) is 31.9 Å². The molecule has 0 bridgehead atoms. The molecule has 1 aromatic rings. The van der Waals surface area contributed by atoms with Crippen LogP contribution in [0, 0.1) is 10.1 Å². The van der Waals surface area contributed by atoms with Gasteiger partial charge in [-0.3, -0.25) is 19.8 Å². The number of nitro benzene ring substituents is 1. The molecule has 0 spiro atoms. The van der Waals surface area contributed by atoms with Gasteiger partial charge in [-0.1, -0.05) is 12.1 Å². The fourth-order valence-corrected chi connectivity index (χ4v) is 2.61. The molecule has 1 saturated heterocycles. The third-order valence-corrected chi connectivity index (χ3v) is 3.64. The first-order chi connectivity index (χ1) is 9.00. The Labute approximate surface area is 110 Å². The lowest BCUT2D eigenvalue weighted by atomic mass is 10.1. The first-order valence-corrected chi connectivity index (χ1v) is 6.23. The molecular weight excluding hydrogens is 248 g/mol. The molecule has 0 amide bonds. The molecule has 1 aromatic carbocycles. The summed E-state index contributed by atoms with van der Waals surface area (Å²) in [6.45, 7) is 2.60. The Morgan fingerprint density at radius 2 is 2.32 bits per heavy atom. The van der Waals surface area contributed by atoms with Gasteiger partial charge in [0.25, 0.3) is 5.69 Å². The van der Waals surface area contributed by atoms with Gasteiger partial charge in [-0.15, -0.1) is 0 Å². The van der Waals surface area contributed by atoms with Crippen molar-refractivity contribution in [1.29, 1.82) is 0 Å². The second-order valence-corrected chi connectivity index (χ2v) is 4.76. The summed E-state index contributed by atoms with van der Waals surface area (Å²) in [5, 5.41) is 19.9. The molecule has 1 N–H and O–H groups in total. The number of carbonyl (C=O) groups is 1. The lowest BCUT2D eigenvalue weighted by Crippen LogP contribution is -2.37. The maximum absolute atomic E-state index is 11.2. The van der Waals surface area contributed by atoms with Crippen molar-refractivity contribution < 1.29 is 14.8 Å². The Morgan fingerprint density at radius 1 is 1.58 bits per heavy atom. The largest absolute Gasteiger partial charge is 0.480 e. The van der Waals surface area contributed by atoms with E-state index >= 15 is 0 Å². The highest BCUT2D eigenvalue weighted by atomic mass is 16.6. The fraction of sp³-hybridized carbons (Fsp3) is 0.462. The van der Waals surface area contributed by atoms with Crippen molar-refractivity contribution in [3.8, 4) is 0 Å². The van der Waals surface area contributed by atoms with Crippen molar-refractivity contribution in [2.24, 2.45) is 0 Å². The molecule has 1 aliphatic rings. The van der Waals surface area contributed by atoms with Gasteiger partial charge in [-0.2, -0.15) is 0 Å². The van der Waals surface area contributed by atoms with Crippen LogP contribution in [-0.2, 0) is 4.79 Å². The maximum atomic E-state index is 11.2. The smallest absolute Gasteiger partial charge is 0.320 e. The number of hydrogen-bond donors (Lipinski definition) is 1. The van der Waals surface area contributed by atoms with Crippen LogP contribution in [0.5, 0.6) is 0 Å². The number of non-ortho nitro benzene ring substituents is 1. The summed E-state index contributed by atoms with van der Waals surface area (Å²) in [7, 11) is 0. The number of aliphatic carboxylic acids is 1. The van der Waals surface area contributed by atoms with Gasteiger partial charge < -0.3 is 5.11 Å². The third-order valence-electron chi connectivity index (χ3n) is 3.64. The maximum Gasteiger partial charge on any atom is 0.320 e. The van der Waals surface area contributed by atoms with Crippen LogP contribution < -0.4 is 0 Å². The monoisotopic (exact) mass is 264 g/mol. The molecule has 0 radical (unpaired) electrons. The highest BCUT2D eigenvalue weighted by Gasteiger charge is 2.34. The second kappa shape index (κ2) is 5.36. The zero-order valence-corrected chi connectivity index (χ0v) is 10.7. The van der Waals surface area contributed by atoms with Gasteiger partial charge >= 0.3 is 5.97 Å². The van der Waals surface area contributed by atoms with Crippen molar-refractivity contribution in [3.05, 3.63) is 39.9 Å². The molecule has 1 heterocycles. The summed E-state index contributed by atoms with van der Waals surface area (Å²) < 4.78 is 0. The lowest BCUT2D eigenvalue weighted by Gasteiger charge is -2.28. The standard InChI is InChI=1S/C13H16N2O4/c1-9(14-7-3-6-12(14)13(16)17)10-4-2-5-11(8-10)15(18)19/h2,4-5,8-9,12H,3,6-7H2,1H3,(H,16,17). The van der Waals surface area contributed by atoms with E-state index in [1.165, 1.54) is 12.1 Å². The number of hydrogen-bond acceptors (Lipinski definition) is 4. The molecule has 0 saturated carbocycles. The lowest BCUT2D eigenvalue weighted by molar-refractivity contribution is -0.384. The molecule has 1 aliphatic heterocycles. The number of rotatable bonds is 4. The number of nitrogens with zero attached hydrogens (tertiary/aromatic N) is 2. The Balaban J connectivity index is 2.23. The van der Waals surface area contributed by atoms with Gasteiger partial charge in [0.15, 0.2) is 0 Å². The van der Waals surface area contributed by atoms with Crippen LogP contribution in [0.15, 0.2) is 24.3 Å². The Hall–Kier alpha value is -1.95. The summed E-state index contributed by atoms with van der Waals surface area (Å²) >= 11 is 0. The van der Waals surface area contributed by atoms with Crippen LogP contribution in [0.2, 0.25) is 0 Å². The van der Waals surface area contributed by atoms with E-state index in [-0.39, 0.29) is 11.7 Å². The number of likely N-dealkylation sites (tertiary alicyclic amines) is 1. The molecular formula is C13H16N2O4. The first-order valence-electron chi connectivity index (χ1n) is 6.23. The van der Waals surface area contributed by atoms with Crippen LogP contribution in [-0.4, -0.2) is 33.5 Å². The van der Waals surface area contributed by atoms with E-state index in [0.717, 1.165) is 12.0 Å². The summed E-state index contributed by atoms with van der Waals surface area (Å²) in [5.41, 5.74) is 0.817. The van der Waals surface area contributed by atoms with E-state index in [4.69, 9.17) is 0 Å². The molecule has 2 rings (SSSR count).